The van der Waals surface area contributed by atoms with Crippen LogP contribution < -0.4 is 4.90 Å². The number of amides is 2. The fourth-order valence-electron chi connectivity index (χ4n) is 5.34. The van der Waals surface area contributed by atoms with E-state index in [1.165, 1.54) is 6.07 Å². The van der Waals surface area contributed by atoms with Crippen LogP contribution in [0.5, 0.6) is 0 Å². The lowest BCUT2D eigenvalue weighted by Crippen LogP contribution is -2.44. The lowest BCUT2D eigenvalue weighted by atomic mass is 9.83. The van der Waals surface area contributed by atoms with Gasteiger partial charge in [0.2, 0.25) is 11.8 Å². The number of carbonyl (C=O) groups excluding carboxylic acids is 3. The van der Waals surface area contributed by atoms with Crippen molar-refractivity contribution in [2.45, 2.75) is 12.1 Å². The number of carbonyl (C=O) groups is 3. The number of nitrogens with zero attached hydrogens (tertiary/aromatic N) is 3. The first-order chi connectivity index (χ1) is 16.5. The molecule has 4 atom stereocenters. The zero-order valence-corrected chi connectivity index (χ0v) is 19.1. The third-order valence-electron chi connectivity index (χ3n) is 6.77. The predicted molar refractivity (Wildman–Crippen MR) is 129 cm³/mol. The summed E-state index contributed by atoms with van der Waals surface area (Å²) >= 11 is 12.4. The Balaban J connectivity index is 1.51. The highest BCUT2D eigenvalue weighted by molar-refractivity contribution is 6.38. The van der Waals surface area contributed by atoms with Crippen molar-refractivity contribution in [3.8, 4) is 0 Å². The Kier molecular flexibility index (Phi) is 4.83. The molecule has 2 saturated heterocycles. The highest BCUT2D eigenvalue weighted by Gasteiger charge is 2.65. The highest BCUT2D eigenvalue weighted by Crippen LogP contribution is 2.53. The molecule has 168 valence electrons. The number of hydrogen-bond donors (Lipinski definition) is 0. The standard InChI is InChI=1S/C26H17Cl2N3O3/c27-16-10-11-19(18(28)12-16)30-25(33)20-21(26(30)34)23(24(32)14-6-2-1-3-7-14)31-22(20)17-9-5-4-8-15(17)13-29-31/h1-13,20-23H/t20-,21-,22+,23+/m1/s1. The Labute approximate surface area is 205 Å². The zero-order chi connectivity index (χ0) is 23.6. The van der Waals surface area contributed by atoms with E-state index < -0.39 is 35.7 Å². The fourth-order valence-corrected chi connectivity index (χ4v) is 5.83. The summed E-state index contributed by atoms with van der Waals surface area (Å²) in [5.74, 6) is -2.80. The summed E-state index contributed by atoms with van der Waals surface area (Å²) in [4.78, 5) is 42.5. The van der Waals surface area contributed by atoms with Gasteiger partial charge in [0.25, 0.3) is 0 Å². The van der Waals surface area contributed by atoms with Crippen LogP contribution in [0.2, 0.25) is 10.0 Å². The predicted octanol–water partition coefficient (Wildman–Crippen LogP) is 4.75. The number of imide groups is 1. The van der Waals surface area contributed by atoms with Crippen molar-refractivity contribution in [1.82, 2.24) is 5.01 Å². The molecule has 3 aliphatic rings. The normalized spacial score (nSPS) is 24.8. The number of rotatable bonds is 3. The third kappa shape index (κ3) is 2.95. The van der Waals surface area contributed by atoms with Gasteiger partial charge in [0.15, 0.2) is 5.78 Å². The maximum Gasteiger partial charge on any atom is 0.240 e. The Morgan fingerprint density at radius 3 is 2.32 bits per heavy atom. The zero-order valence-electron chi connectivity index (χ0n) is 17.6. The van der Waals surface area contributed by atoms with Crippen LogP contribution in [0.1, 0.15) is 27.5 Å². The van der Waals surface area contributed by atoms with Crippen LogP contribution in [0.4, 0.5) is 5.69 Å². The molecule has 3 aromatic rings. The fraction of sp³-hybridized carbons (Fsp3) is 0.154. The van der Waals surface area contributed by atoms with E-state index in [1.54, 1.807) is 47.6 Å². The first kappa shape index (κ1) is 21.1. The van der Waals surface area contributed by atoms with Crippen molar-refractivity contribution in [3.63, 3.8) is 0 Å². The molecule has 34 heavy (non-hydrogen) atoms. The second-order valence-electron chi connectivity index (χ2n) is 8.53. The van der Waals surface area contributed by atoms with Gasteiger partial charge in [-0.1, -0.05) is 77.8 Å². The molecule has 0 N–H and O–H groups in total. The van der Waals surface area contributed by atoms with Crippen LogP contribution in [0, 0.1) is 11.8 Å². The second-order valence-corrected chi connectivity index (χ2v) is 9.38. The molecule has 0 bridgehead atoms. The van der Waals surface area contributed by atoms with Gasteiger partial charge in [0.05, 0.1) is 34.8 Å². The maximum atomic E-state index is 13.8. The van der Waals surface area contributed by atoms with Crippen molar-refractivity contribution in [3.05, 3.63) is 99.5 Å². The van der Waals surface area contributed by atoms with Gasteiger partial charge in [-0.2, -0.15) is 5.10 Å². The topological polar surface area (TPSA) is 70.0 Å². The van der Waals surface area contributed by atoms with Gasteiger partial charge >= 0.3 is 0 Å². The molecule has 0 radical (unpaired) electrons. The van der Waals surface area contributed by atoms with Crippen LogP contribution >= 0.6 is 23.2 Å². The number of benzene rings is 3. The summed E-state index contributed by atoms with van der Waals surface area (Å²) in [7, 11) is 0. The number of ketones is 1. The third-order valence-corrected chi connectivity index (χ3v) is 7.31. The van der Waals surface area contributed by atoms with E-state index in [0.29, 0.717) is 10.6 Å². The van der Waals surface area contributed by atoms with E-state index in [4.69, 9.17) is 23.2 Å². The molecule has 8 heteroatoms. The minimum absolute atomic E-state index is 0.194. The van der Waals surface area contributed by atoms with Gasteiger partial charge in [-0.05, 0) is 29.3 Å². The molecule has 0 unspecified atom stereocenters. The Bertz CT molecular complexity index is 1390. The number of halogens is 2. The molecule has 6 nitrogen and oxygen atoms in total. The first-order valence-electron chi connectivity index (χ1n) is 10.8. The summed E-state index contributed by atoms with van der Waals surface area (Å²) < 4.78 is 0. The number of Topliss-reactive ketones (excluding diaryl/α,β-unsaturated/α-hetero) is 1. The van der Waals surface area contributed by atoms with Crippen molar-refractivity contribution < 1.29 is 14.4 Å². The average molecular weight is 490 g/mol. The smallest absolute Gasteiger partial charge is 0.240 e. The summed E-state index contributed by atoms with van der Waals surface area (Å²) in [5.41, 5.74) is 2.45. The molecule has 0 aliphatic carbocycles. The summed E-state index contributed by atoms with van der Waals surface area (Å²) in [6.07, 6.45) is 1.68. The van der Waals surface area contributed by atoms with E-state index in [0.717, 1.165) is 16.0 Å². The van der Waals surface area contributed by atoms with Crippen LogP contribution in [-0.4, -0.2) is 34.9 Å². The van der Waals surface area contributed by atoms with Crippen molar-refractivity contribution in [2.75, 3.05) is 4.90 Å². The molecule has 6 rings (SSSR count). The van der Waals surface area contributed by atoms with Crippen molar-refractivity contribution in [1.29, 1.82) is 0 Å². The molecular weight excluding hydrogens is 473 g/mol. The largest absolute Gasteiger partial charge is 0.292 e. The number of hydrogen-bond acceptors (Lipinski definition) is 5. The SMILES string of the molecule is O=C(c1ccccc1)[C@@H]1[C@@H]2C(=O)N(c3ccc(Cl)cc3Cl)C(=O)[C@H]2[C@@H]2c3ccccc3C=NN12. The second kappa shape index (κ2) is 7.79. The van der Waals surface area contributed by atoms with Crippen LogP contribution in [0.15, 0.2) is 77.9 Å². The molecule has 2 amide bonds. The summed E-state index contributed by atoms with van der Waals surface area (Å²) in [6, 6.07) is 19.5. The summed E-state index contributed by atoms with van der Waals surface area (Å²) in [5, 5.41) is 6.79. The minimum atomic E-state index is -0.922. The van der Waals surface area contributed by atoms with Crippen LogP contribution in [-0.2, 0) is 9.59 Å². The van der Waals surface area contributed by atoms with Gasteiger partial charge in [-0.3, -0.25) is 19.4 Å². The minimum Gasteiger partial charge on any atom is -0.292 e. The lowest BCUT2D eigenvalue weighted by Gasteiger charge is -2.33. The van der Waals surface area contributed by atoms with Gasteiger partial charge < -0.3 is 0 Å². The quantitative estimate of drug-likeness (QED) is 0.393. The molecule has 0 aromatic heterocycles. The lowest BCUT2D eigenvalue weighted by molar-refractivity contribution is -0.124. The molecule has 2 fully saturated rings. The van der Waals surface area contributed by atoms with Gasteiger partial charge in [-0.25, -0.2) is 4.90 Å². The van der Waals surface area contributed by atoms with Gasteiger partial charge in [0.1, 0.15) is 6.04 Å². The molecule has 0 spiro atoms. The monoisotopic (exact) mass is 489 g/mol. The van der Waals surface area contributed by atoms with E-state index in [9.17, 15) is 14.4 Å². The molecular formula is C26H17Cl2N3O3. The van der Waals surface area contributed by atoms with Gasteiger partial charge in [-0.15, -0.1) is 0 Å². The van der Waals surface area contributed by atoms with E-state index >= 15 is 0 Å². The molecule has 0 saturated carbocycles. The van der Waals surface area contributed by atoms with E-state index in [1.807, 2.05) is 30.3 Å². The van der Waals surface area contributed by atoms with E-state index in [2.05, 4.69) is 5.10 Å². The summed E-state index contributed by atoms with van der Waals surface area (Å²) in [6.45, 7) is 0. The Hall–Kier alpha value is -3.48. The maximum absolute atomic E-state index is 13.8. The molecule has 3 aromatic carbocycles. The Morgan fingerprint density at radius 2 is 1.56 bits per heavy atom. The van der Waals surface area contributed by atoms with Crippen LogP contribution in [0.25, 0.3) is 0 Å². The first-order valence-corrected chi connectivity index (χ1v) is 11.6. The van der Waals surface area contributed by atoms with Crippen molar-refractivity contribution >= 4 is 52.7 Å². The number of hydrazone groups is 1. The number of anilines is 1. The van der Waals surface area contributed by atoms with E-state index in [-0.39, 0.29) is 16.5 Å². The molecule has 3 aliphatic heterocycles. The average Bonchev–Trinajstić information content (AvgIpc) is 3.32. The number of fused-ring (bicyclic) bond motifs is 5. The highest BCUT2D eigenvalue weighted by atomic mass is 35.5. The van der Waals surface area contributed by atoms with Crippen molar-refractivity contribution in [2.24, 2.45) is 16.9 Å². The molecule has 3 heterocycles. The Morgan fingerprint density at radius 1 is 0.853 bits per heavy atom. The van der Waals surface area contributed by atoms with Gasteiger partial charge in [0, 0.05) is 10.6 Å². The van der Waals surface area contributed by atoms with Crippen LogP contribution in [0.3, 0.4) is 0 Å².